The predicted molar refractivity (Wildman–Crippen MR) is 62.6 cm³/mol. The molecule has 3 nitrogen and oxygen atoms in total. The van der Waals surface area contributed by atoms with Crippen LogP contribution < -0.4 is 11.1 Å². The molecule has 0 fully saturated rings. The van der Waals surface area contributed by atoms with Gasteiger partial charge in [-0.3, -0.25) is 0 Å². The maximum atomic E-state index is 5.54. The molecule has 0 radical (unpaired) electrons. The maximum Gasteiger partial charge on any atom is 0.180 e. The fourth-order valence-electron chi connectivity index (χ4n) is 1.15. The average molecular weight is 317 g/mol. The van der Waals surface area contributed by atoms with Crippen molar-refractivity contribution in [2.45, 2.75) is 13.0 Å². The average Bonchev–Trinajstić information content (AvgIpc) is 2.27. The van der Waals surface area contributed by atoms with Crippen molar-refractivity contribution < 1.29 is 0 Å². The van der Waals surface area contributed by atoms with Crippen LogP contribution in [0.1, 0.15) is 10.6 Å². The topological polar surface area (TPSA) is 50.9 Å². The Bertz CT molecular complexity index is 227. The van der Waals surface area contributed by atoms with E-state index in [2.05, 4.69) is 10.3 Å². The first kappa shape index (κ1) is 12.3. The van der Waals surface area contributed by atoms with Crippen molar-refractivity contribution in [3.05, 3.63) is 10.6 Å². The van der Waals surface area contributed by atoms with E-state index < -0.39 is 0 Å². The second kappa shape index (κ2) is 5.16. The van der Waals surface area contributed by atoms with Gasteiger partial charge in [-0.05, 0) is 6.42 Å². The molecule has 12 heavy (non-hydrogen) atoms. The smallest absolute Gasteiger partial charge is 0.180 e. The SMILES string of the molecule is Br.Br.Nc1nc2c(s1)CCNC2. The second-order valence-electron chi connectivity index (χ2n) is 2.35. The maximum absolute atomic E-state index is 5.54. The van der Waals surface area contributed by atoms with Gasteiger partial charge in [-0.25, -0.2) is 4.98 Å². The lowest BCUT2D eigenvalue weighted by Gasteiger charge is -2.09. The number of anilines is 1. The van der Waals surface area contributed by atoms with E-state index in [0.29, 0.717) is 5.13 Å². The number of fused-ring (bicyclic) bond motifs is 1. The number of hydrogen-bond donors (Lipinski definition) is 2. The Morgan fingerprint density at radius 2 is 2.17 bits per heavy atom. The van der Waals surface area contributed by atoms with Crippen molar-refractivity contribution in [3.8, 4) is 0 Å². The number of hydrogen-bond acceptors (Lipinski definition) is 4. The number of aromatic nitrogens is 1. The van der Waals surface area contributed by atoms with Crippen molar-refractivity contribution in [2.24, 2.45) is 0 Å². The quantitative estimate of drug-likeness (QED) is 0.763. The van der Waals surface area contributed by atoms with Crippen LogP contribution in [0.2, 0.25) is 0 Å². The van der Waals surface area contributed by atoms with Crippen LogP contribution in [0, 0.1) is 0 Å². The van der Waals surface area contributed by atoms with Gasteiger partial charge in [-0.15, -0.1) is 45.3 Å². The third-order valence-corrected chi connectivity index (χ3v) is 2.60. The third kappa shape index (κ3) is 2.42. The lowest BCUT2D eigenvalue weighted by molar-refractivity contribution is 0.639. The Hall–Kier alpha value is 0.350. The zero-order valence-electron chi connectivity index (χ0n) is 6.37. The number of nitrogens with one attached hydrogen (secondary N) is 1. The normalized spacial score (nSPS) is 14.0. The Morgan fingerprint density at radius 1 is 1.42 bits per heavy atom. The van der Waals surface area contributed by atoms with E-state index in [1.165, 1.54) is 4.88 Å². The van der Waals surface area contributed by atoms with E-state index in [4.69, 9.17) is 5.73 Å². The Kier molecular flexibility index (Phi) is 5.31. The number of halogens is 2. The van der Waals surface area contributed by atoms with Crippen molar-refractivity contribution in [1.29, 1.82) is 0 Å². The van der Waals surface area contributed by atoms with Gasteiger partial charge in [0, 0.05) is 18.0 Å². The molecule has 0 saturated carbocycles. The van der Waals surface area contributed by atoms with Crippen LogP contribution in [0.3, 0.4) is 0 Å². The summed E-state index contributed by atoms with van der Waals surface area (Å²) in [4.78, 5) is 5.54. The van der Waals surface area contributed by atoms with Crippen molar-refractivity contribution in [2.75, 3.05) is 12.3 Å². The summed E-state index contributed by atoms with van der Waals surface area (Å²) < 4.78 is 0. The fourth-order valence-corrected chi connectivity index (χ4v) is 1.99. The number of thiazole rings is 1. The molecule has 1 aliphatic heterocycles. The molecule has 70 valence electrons. The summed E-state index contributed by atoms with van der Waals surface area (Å²) in [7, 11) is 0. The van der Waals surface area contributed by atoms with Crippen LogP contribution in [0.4, 0.5) is 5.13 Å². The minimum Gasteiger partial charge on any atom is -0.375 e. The van der Waals surface area contributed by atoms with Crippen LogP contribution >= 0.6 is 45.3 Å². The summed E-state index contributed by atoms with van der Waals surface area (Å²) in [5, 5.41) is 3.95. The van der Waals surface area contributed by atoms with Gasteiger partial charge < -0.3 is 11.1 Å². The largest absolute Gasteiger partial charge is 0.375 e. The molecule has 0 bridgehead atoms. The molecule has 1 aliphatic rings. The van der Waals surface area contributed by atoms with Crippen molar-refractivity contribution in [1.82, 2.24) is 10.3 Å². The zero-order chi connectivity index (χ0) is 6.97. The summed E-state index contributed by atoms with van der Waals surface area (Å²) in [6.07, 6.45) is 1.09. The fraction of sp³-hybridized carbons (Fsp3) is 0.500. The number of nitrogens with zero attached hydrogens (tertiary/aromatic N) is 1. The van der Waals surface area contributed by atoms with Crippen molar-refractivity contribution in [3.63, 3.8) is 0 Å². The predicted octanol–water partition coefficient (Wildman–Crippen LogP) is 1.53. The lowest BCUT2D eigenvalue weighted by atomic mass is 10.2. The molecule has 0 amide bonds. The van der Waals surface area contributed by atoms with Crippen LogP contribution in [0.5, 0.6) is 0 Å². The highest BCUT2D eigenvalue weighted by molar-refractivity contribution is 8.93. The molecular weight excluding hydrogens is 306 g/mol. The summed E-state index contributed by atoms with van der Waals surface area (Å²) in [5.74, 6) is 0. The Balaban J connectivity index is 0.000000605. The molecule has 0 aliphatic carbocycles. The molecule has 2 heterocycles. The molecule has 0 unspecified atom stereocenters. The summed E-state index contributed by atoms with van der Waals surface area (Å²) in [6, 6.07) is 0. The van der Waals surface area contributed by atoms with Gasteiger partial charge in [-0.2, -0.15) is 0 Å². The monoisotopic (exact) mass is 315 g/mol. The van der Waals surface area contributed by atoms with Crippen LogP contribution in [0.25, 0.3) is 0 Å². The zero-order valence-corrected chi connectivity index (χ0v) is 10.6. The molecule has 2 rings (SSSR count). The molecule has 0 spiro atoms. The van der Waals surface area contributed by atoms with Gasteiger partial charge >= 0.3 is 0 Å². The second-order valence-corrected chi connectivity index (χ2v) is 3.46. The highest BCUT2D eigenvalue weighted by atomic mass is 79.9. The first-order valence-electron chi connectivity index (χ1n) is 3.31. The van der Waals surface area contributed by atoms with Gasteiger partial charge in [-0.1, -0.05) is 0 Å². The van der Waals surface area contributed by atoms with Crippen molar-refractivity contribution >= 4 is 50.4 Å². The first-order valence-corrected chi connectivity index (χ1v) is 4.12. The van der Waals surface area contributed by atoms with Crippen LogP contribution in [-0.4, -0.2) is 11.5 Å². The standard InChI is InChI=1S/C6H9N3S.2BrH/c7-6-9-4-3-8-2-1-5(4)10-6;;/h8H,1-3H2,(H2,7,9);2*1H. The molecule has 0 aromatic carbocycles. The number of nitrogen functional groups attached to an aromatic ring is 1. The molecule has 0 atom stereocenters. The van der Waals surface area contributed by atoms with Gasteiger partial charge in [0.2, 0.25) is 0 Å². The molecule has 6 heteroatoms. The summed E-state index contributed by atoms with van der Waals surface area (Å²) in [6.45, 7) is 1.96. The van der Waals surface area contributed by atoms with Crippen LogP contribution in [-0.2, 0) is 13.0 Å². The minimum absolute atomic E-state index is 0. The van der Waals surface area contributed by atoms with Gasteiger partial charge in [0.15, 0.2) is 5.13 Å². The highest BCUT2D eigenvalue weighted by Crippen LogP contribution is 2.22. The minimum atomic E-state index is 0. The molecular formula is C6H11Br2N3S. The van der Waals surface area contributed by atoms with E-state index in [9.17, 15) is 0 Å². The highest BCUT2D eigenvalue weighted by Gasteiger charge is 2.12. The number of nitrogens with two attached hydrogens (primary N) is 1. The Labute approximate surface area is 96.3 Å². The molecule has 0 saturated heterocycles. The third-order valence-electron chi connectivity index (χ3n) is 1.62. The van der Waals surface area contributed by atoms with Gasteiger partial charge in [0.1, 0.15) is 0 Å². The van der Waals surface area contributed by atoms with E-state index in [0.717, 1.165) is 25.2 Å². The summed E-state index contributed by atoms with van der Waals surface area (Å²) in [5.41, 5.74) is 6.68. The molecule has 1 aromatic heterocycles. The van der Waals surface area contributed by atoms with E-state index in [1.54, 1.807) is 11.3 Å². The van der Waals surface area contributed by atoms with E-state index in [-0.39, 0.29) is 34.0 Å². The Morgan fingerprint density at radius 3 is 2.83 bits per heavy atom. The van der Waals surface area contributed by atoms with E-state index in [1.807, 2.05) is 0 Å². The van der Waals surface area contributed by atoms with Gasteiger partial charge in [0.25, 0.3) is 0 Å². The number of rotatable bonds is 0. The first-order chi connectivity index (χ1) is 4.86. The lowest BCUT2D eigenvalue weighted by Crippen LogP contribution is -2.22. The van der Waals surface area contributed by atoms with E-state index >= 15 is 0 Å². The summed E-state index contributed by atoms with van der Waals surface area (Å²) >= 11 is 1.62. The molecule has 1 aromatic rings. The van der Waals surface area contributed by atoms with Crippen LogP contribution in [0.15, 0.2) is 0 Å². The van der Waals surface area contributed by atoms with Gasteiger partial charge in [0.05, 0.1) is 5.69 Å². The molecule has 3 N–H and O–H groups in total.